The third-order valence-electron chi connectivity index (χ3n) is 4.30. The van der Waals surface area contributed by atoms with Gasteiger partial charge in [-0.3, -0.25) is 4.98 Å². The molecule has 0 radical (unpaired) electrons. The molecule has 1 fully saturated rings. The molecular formula is C19H17Cl2N3OS2. The maximum Gasteiger partial charge on any atom is 0.193 e. The zero-order valence-corrected chi connectivity index (χ0v) is 17.5. The van der Waals surface area contributed by atoms with E-state index in [4.69, 9.17) is 32.9 Å². The number of nitrogens with one attached hydrogen (secondary N) is 1. The van der Waals surface area contributed by atoms with Crippen LogP contribution in [0.25, 0.3) is 11.4 Å². The second-order valence-corrected chi connectivity index (χ2v) is 8.84. The first-order valence-electron chi connectivity index (χ1n) is 8.58. The predicted molar refractivity (Wildman–Crippen MR) is 114 cm³/mol. The summed E-state index contributed by atoms with van der Waals surface area (Å²) in [5.41, 5.74) is 1.87. The molecule has 3 heterocycles. The van der Waals surface area contributed by atoms with E-state index in [9.17, 15) is 0 Å². The van der Waals surface area contributed by atoms with E-state index >= 15 is 0 Å². The third-order valence-corrected chi connectivity index (χ3v) is 7.09. The highest BCUT2D eigenvalue weighted by atomic mass is 35.5. The van der Waals surface area contributed by atoms with Crippen LogP contribution in [0.1, 0.15) is 23.6 Å². The summed E-state index contributed by atoms with van der Waals surface area (Å²) < 4.78 is 8.87. The summed E-state index contributed by atoms with van der Waals surface area (Å²) in [5.74, 6) is 0.457. The molecule has 3 aromatic rings. The zero-order chi connectivity index (χ0) is 18.6. The zero-order valence-electron chi connectivity index (χ0n) is 14.3. The largest absolute Gasteiger partial charge is 0.381 e. The van der Waals surface area contributed by atoms with Crippen molar-refractivity contribution in [1.82, 2.24) is 9.97 Å². The van der Waals surface area contributed by atoms with E-state index in [1.807, 2.05) is 30.3 Å². The monoisotopic (exact) mass is 437 g/mol. The number of ether oxygens (including phenoxy) is 1. The molecule has 0 atom stereocenters. The summed E-state index contributed by atoms with van der Waals surface area (Å²) in [6.07, 6.45) is 3.84. The fourth-order valence-corrected chi connectivity index (χ4v) is 5.15. The average Bonchev–Trinajstić information content (AvgIpc) is 3.15. The molecule has 0 amide bonds. The van der Waals surface area contributed by atoms with E-state index in [0.717, 1.165) is 47.5 Å². The molecule has 0 saturated carbocycles. The molecule has 140 valence electrons. The van der Waals surface area contributed by atoms with Crippen molar-refractivity contribution < 1.29 is 4.74 Å². The lowest BCUT2D eigenvalue weighted by Crippen LogP contribution is -2.13. The van der Waals surface area contributed by atoms with Crippen LogP contribution < -0.4 is 4.72 Å². The molecule has 1 aliphatic heterocycles. The highest BCUT2D eigenvalue weighted by molar-refractivity contribution is 8.00. The molecule has 1 N–H and O–H groups in total. The quantitative estimate of drug-likeness (QED) is 0.459. The second kappa shape index (κ2) is 8.80. The Balaban J connectivity index is 1.59. The number of halogens is 2. The fraction of sp³-hybridized carbons (Fsp3) is 0.263. The Morgan fingerprint density at radius 3 is 2.70 bits per heavy atom. The lowest BCUT2D eigenvalue weighted by Gasteiger charge is -2.21. The number of benzene rings is 1. The third kappa shape index (κ3) is 4.58. The lowest BCUT2D eigenvalue weighted by atomic mass is 9.96. The van der Waals surface area contributed by atoms with Crippen LogP contribution >= 0.6 is 46.5 Å². The van der Waals surface area contributed by atoms with Crippen molar-refractivity contribution >= 4 is 51.6 Å². The molecule has 1 saturated heterocycles. The summed E-state index contributed by atoms with van der Waals surface area (Å²) in [5, 5.41) is 1.95. The molecule has 0 bridgehead atoms. The Kier molecular flexibility index (Phi) is 6.20. The van der Waals surface area contributed by atoms with Crippen LogP contribution in [0.15, 0.2) is 47.5 Å². The molecule has 4 rings (SSSR count). The minimum absolute atomic E-state index is 0.457. The normalized spacial score (nSPS) is 15.0. The lowest BCUT2D eigenvalue weighted by molar-refractivity contribution is 0.0860. The van der Waals surface area contributed by atoms with Crippen LogP contribution in [0.5, 0.6) is 0 Å². The average molecular weight is 438 g/mol. The van der Waals surface area contributed by atoms with Gasteiger partial charge in [0.25, 0.3) is 0 Å². The van der Waals surface area contributed by atoms with Crippen molar-refractivity contribution in [3.63, 3.8) is 0 Å². The first kappa shape index (κ1) is 19.0. The van der Waals surface area contributed by atoms with E-state index in [-0.39, 0.29) is 0 Å². The van der Waals surface area contributed by atoms with Gasteiger partial charge in [0.15, 0.2) is 5.13 Å². The topological polar surface area (TPSA) is 47.0 Å². The van der Waals surface area contributed by atoms with E-state index in [1.54, 1.807) is 23.6 Å². The van der Waals surface area contributed by atoms with Crippen molar-refractivity contribution in [1.29, 1.82) is 0 Å². The molecule has 2 aromatic heterocycles. The molecule has 0 spiro atoms. The number of anilines is 1. The van der Waals surface area contributed by atoms with Crippen molar-refractivity contribution in [3.8, 4) is 11.4 Å². The van der Waals surface area contributed by atoms with Crippen molar-refractivity contribution in [3.05, 3.63) is 57.5 Å². The Bertz CT molecular complexity index is 915. The van der Waals surface area contributed by atoms with Crippen LogP contribution in [0, 0.1) is 0 Å². The number of nitrogens with zero attached hydrogens (tertiary/aromatic N) is 2. The Morgan fingerprint density at radius 1 is 1.11 bits per heavy atom. The van der Waals surface area contributed by atoms with Gasteiger partial charge < -0.3 is 9.46 Å². The van der Waals surface area contributed by atoms with Crippen molar-refractivity contribution in [2.45, 2.75) is 23.7 Å². The van der Waals surface area contributed by atoms with Gasteiger partial charge in [-0.15, -0.1) is 11.3 Å². The van der Waals surface area contributed by atoms with Gasteiger partial charge in [0.1, 0.15) is 5.69 Å². The minimum Gasteiger partial charge on any atom is -0.381 e. The fourth-order valence-electron chi connectivity index (χ4n) is 2.94. The van der Waals surface area contributed by atoms with Gasteiger partial charge >= 0.3 is 0 Å². The molecule has 8 heteroatoms. The first-order valence-corrected chi connectivity index (χ1v) is 11.0. The Labute approximate surface area is 176 Å². The van der Waals surface area contributed by atoms with Gasteiger partial charge in [-0.1, -0.05) is 29.3 Å². The van der Waals surface area contributed by atoms with Crippen LogP contribution in [-0.4, -0.2) is 23.2 Å². The maximum absolute atomic E-state index is 6.10. The van der Waals surface area contributed by atoms with Gasteiger partial charge in [0, 0.05) is 35.1 Å². The summed E-state index contributed by atoms with van der Waals surface area (Å²) in [6.45, 7) is 1.59. The van der Waals surface area contributed by atoms with Gasteiger partial charge in [-0.25, -0.2) is 4.98 Å². The first-order chi connectivity index (χ1) is 13.2. The molecule has 0 aliphatic carbocycles. The van der Waals surface area contributed by atoms with E-state index < -0.39 is 0 Å². The highest BCUT2D eigenvalue weighted by Crippen LogP contribution is 2.41. The summed E-state index contributed by atoms with van der Waals surface area (Å²) >= 11 is 15.2. The van der Waals surface area contributed by atoms with Gasteiger partial charge in [-0.2, -0.15) is 0 Å². The van der Waals surface area contributed by atoms with Crippen LogP contribution in [0.3, 0.4) is 0 Å². The summed E-state index contributed by atoms with van der Waals surface area (Å²) in [6, 6.07) is 11.5. The predicted octanol–water partition coefficient (Wildman–Crippen LogP) is 6.53. The van der Waals surface area contributed by atoms with E-state index in [0.29, 0.717) is 16.0 Å². The van der Waals surface area contributed by atoms with E-state index in [1.165, 1.54) is 16.8 Å². The van der Waals surface area contributed by atoms with Gasteiger partial charge in [-0.05, 0) is 55.1 Å². The van der Waals surface area contributed by atoms with Crippen LogP contribution in [0.2, 0.25) is 10.0 Å². The minimum atomic E-state index is 0.457. The summed E-state index contributed by atoms with van der Waals surface area (Å²) in [4.78, 5) is 11.6. The second-order valence-electron chi connectivity index (χ2n) is 6.11. The van der Waals surface area contributed by atoms with Crippen LogP contribution in [0.4, 0.5) is 5.13 Å². The van der Waals surface area contributed by atoms with Gasteiger partial charge in [0.05, 0.1) is 15.7 Å². The Hall–Kier alpha value is -1.31. The van der Waals surface area contributed by atoms with E-state index in [2.05, 4.69) is 9.71 Å². The number of thiazole rings is 1. The number of hydrogen-bond donors (Lipinski definition) is 1. The van der Waals surface area contributed by atoms with Gasteiger partial charge in [0.2, 0.25) is 0 Å². The summed E-state index contributed by atoms with van der Waals surface area (Å²) in [7, 11) is 0. The molecule has 1 aromatic carbocycles. The Morgan fingerprint density at radius 2 is 1.96 bits per heavy atom. The molecule has 27 heavy (non-hydrogen) atoms. The highest BCUT2D eigenvalue weighted by Gasteiger charge is 2.24. The molecule has 1 aliphatic rings. The molecule has 0 unspecified atom stereocenters. The number of rotatable bonds is 5. The van der Waals surface area contributed by atoms with Crippen molar-refractivity contribution in [2.24, 2.45) is 0 Å². The maximum atomic E-state index is 6.10. The van der Waals surface area contributed by atoms with Crippen LogP contribution in [-0.2, 0) is 4.74 Å². The molecule has 4 nitrogen and oxygen atoms in total. The van der Waals surface area contributed by atoms with Crippen molar-refractivity contribution in [2.75, 3.05) is 17.9 Å². The molecular weight excluding hydrogens is 421 g/mol. The number of pyridine rings is 1. The standard InChI is InChI=1S/C19H17Cl2N3OS2/c20-14-5-4-13(11-15(14)21)27-24-19-23-17(16-3-1-2-8-22-16)18(26-19)12-6-9-25-10-7-12/h1-5,8,11-12H,6-7,9-10H2,(H,23,24). The smallest absolute Gasteiger partial charge is 0.193 e. The SMILES string of the molecule is Clc1ccc(SNc2nc(-c3ccccn3)c(C3CCOCC3)s2)cc1Cl. The number of hydrogen-bond acceptors (Lipinski definition) is 6. The number of aromatic nitrogens is 2.